The van der Waals surface area contributed by atoms with Crippen LogP contribution in [0.2, 0.25) is 0 Å². The van der Waals surface area contributed by atoms with Gasteiger partial charge in [-0.2, -0.15) is 0 Å². The number of para-hydroxylation sites is 1. The quantitative estimate of drug-likeness (QED) is 0.818. The van der Waals surface area contributed by atoms with Gasteiger partial charge in [-0.05, 0) is 30.7 Å². The van der Waals surface area contributed by atoms with Crippen LogP contribution in [-0.2, 0) is 6.42 Å². The number of aromatic amines is 1. The summed E-state index contributed by atoms with van der Waals surface area (Å²) >= 11 is 1.67. The molecule has 2 heterocycles. The van der Waals surface area contributed by atoms with E-state index in [0.29, 0.717) is 0 Å². The zero-order valence-corrected chi connectivity index (χ0v) is 9.59. The number of aryl methyl sites for hydroxylation is 1. The summed E-state index contributed by atoms with van der Waals surface area (Å²) in [6.45, 7) is 0. The van der Waals surface area contributed by atoms with Crippen molar-refractivity contribution in [2.45, 2.75) is 17.7 Å². The summed E-state index contributed by atoms with van der Waals surface area (Å²) < 4.78 is 1.64. The zero-order chi connectivity index (χ0) is 11.0. The van der Waals surface area contributed by atoms with Crippen molar-refractivity contribution < 1.29 is 0 Å². The number of fused-ring (bicyclic) bond motifs is 1. The number of hydrogen-bond donors (Lipinski definition) is 1. The van der Waals surface area contributed by atoms with Crippen LogP contribution in [0.25, 0.3) is 5.69 Å². The standard InChI is InChI=1S/C12H12N2OS/c15-12-11-10(7-4-8-16-11)13-14(12)9-5-2-1-3-6-9/h1-3,5-6,13H,4,7-8H2. The molecule has 2 aromatic rings. The maximum Gasteiger partial charge on any atom is 0.285 e. The van der Waals surface area contributed by atoms with Crippen molar-refractivity contribution in [3.05, 3.63) is 46.4 Å². The first-order valence-electron chi connectivity index (χ1n) is 5.38. The van der Waals surface area contributed by atoms with Crippen molar-refractivity contribution in [1.29, 1.82) is 0 Å². The molecule has 1 aliphatic rings. The number of nitrogens with one attached hydrogen (secondary N) is 1. The molecule has 0 saturated heterocycles. The van der Waals surface area contributed by atoms with Gasteiger partial charge < -0.3 is 0 Å². The Morgan fingerprint density at radius 2 is 2.06 bits per heavy atom. The molecule has 0 saturated carbocycles. The number of hydrogen-bond acceptors (Lipinski definition) is 2. The average Bonchev–Trinajstić information content (AvgIpc) is 2.69. The Morgan fingerprint density at radius 1 is 1.25 bits per heavy atom. The van der Waals surface area contributed by atoms with Gasteiger partial charge in [0, 0.05) is 0 Å². The topological polar surface area (TPSA) is 37.8 Å². The van der Waals surface area contributed by atoms with Crippen LogP contribution in [0.15, 0.2) is 40.0 Å². The third-order valence-electron chi connectivity index (χ3n) is 2.75. The Kier molecular flexibility index (Phi) is 2.36. The van der Waals surface area contributed by atoms with Crippen LogP contribution in [0.4, 0.5) is 0 Å². The van der Waals surface area contributed by atoms with Crippen LogP contribution >= 0.6 is 11.8 Å². The molecular formula is C12H12N2OS. The van der Waals surface area contributed by atoms with Crippen molar-refractivity contribution in [2.75, 3.05) is 5.75 Å². The van der Waals surface area contributed by atoms with Crippen LogP contribution in [-0.4, -0.2) is 15.5 Å². The molecule has 0 radical (unpaired) electrons. The molecule has 1 N–H and O–H groups in total. The maximum absolute atomic E-state index is 12.1. The van der Waals surface area contributed by atoms with Gasteiger partial charge >= 0.3 is 0 Å². The third kappa shape index (κ3) is 1.50. The monoisotopic (exact) mass is 232 g/mol. The van der Waals surface area contributed by atoms with Gasteiger partial charge in [0.2, 0.25) is 0 Å². The number of thioether (sulfide) groups is 1. The smallest absolute Gasteiger partial charge is 0.285 e. The molecule has 82 valence electrons. The summed E-state index contributed by atoms with van der Waals surface area (Å²) in [5.74, 6) is 1.05. The Balaban J connectivity index is 2.16. The molecule has 1 aliphatic heterocycles. The van der Waals surface area contributed by atoms with Gasteiger partial charge in [-0.25, -0.2) is 4.68 Å². The fourth-order valence-corrected chi connectivity index (χ4v) is 3.00. The predicted octanol–water partition coefficient (Wildman–Crippen LogP) is 2.20. The van der Waals surface area contributed by atoms with E-state index in [2.05, 4.69) is 5.10 Å². The fraction of sp³-hybridized carbons (Fsp3) is 0.250. The molecule has 0 aliphatic carbocycles. The van der Waals surface area contributed by atoms with Gasteiger partial charge in [0.15, 0.2) is 0 Å². The van der Waals surface area contributed by atoms with Gasteiger partial charge in [-0.15, -0.1) is 11.8 Å². The van der Waals surface area contributed by atoms with Crippen molar-refractivity contribution >= 4 is 11.8 Å². The first-order chi connectivity index (χ1) is 7.86. The SMILES string of the molecule is O=c1c2c([nH]n1-c1ccccc1)CCCS2. The molecule has 0 fully saturated rings. The van der Waals surface area contributed by atoms with Crippen LogP contribution in [0.3, 0.4) is 0 Å². The van der Waals surface area contributed by atoms with Crippen LogP contribution in [0, 0.1) is 0 Å². The van der Waals surface area contributed by atoms with E-state index in [1.165, 1.54) is 0 Å². The van der Waals surface area contributed by atoms with Gasteiger partial charge in [0.1, 0.15) is 0 Å². The summed E-state index contributed by atoms with van der Waals surface area (Å²) in [5, 5.41) is 3.20. The molecule has 4 heteroatoms. The molecule has 16 heavy (non-hydrogen) atoms. The van der Waals surface area contributed by atoms with E-state index in [4.69, 9.17) is 0 Å². The Labute approximate surface area is 97.5 Å². The van der Waals surface area contributed by atoms with Crippen molar-refractivity contribution in [1.82, 2.24) is 9.78 Å². The molecule has 0 unspecified atom stereocenters. The number of rotatable bonds is 1. The molecule has 3 nitrogen and oxygen atoms in total. The zero-order valence-electron chi connectivity index (χ0n) is 8.77. The van der Waals surface area contributed by atoms with Gasteiger partial charge in [0.25, 0.3) is 5.56 Å². The lowest BCUT2D eigenvalue weighted by molar-refractivity contribution is 0.792. The predicted molar refractivity (Wildman–Crippen MR) is 65.4 cm³/mol. The average molecular weight is 232 g/mol. The lowest BCUT2D eigenvalue weighted by Gasteiger charge is -2.06. The second kappa shape index (κ2) is 3.87. The van der Waals surface area contributed by atoms with E-state index in [0.717, 1.165) is 34.9 Å². The molecule has 1 aromatic heterocycles. The Hall–Kier alpha value is -1.42. The van der Waals surface area contributed by atoms with Gasteiger partial charge in [0.05, 0.1) is 16.3 Å². The number of nitrogens with zero attached hydrogens (tertiary/aromatic N) is 1. The molecule has 0 bridgehead atoms. The largest absolute Gasteiger partial charge is 0.294 e. The Morgan fingerprint density at radius 3 is 2.81 bits per heavy atom. The van der Waals surface area contributed by atoms with E-state index in [-0.39, 0.29) is 5.56 Å². The van der Waals surface area contributed by atoms with E-state index < -0.39 is 0 Å². The minimum Gasteiger partial charge on any atom is -0.294 e. The molecule has 1 aromatic carbocycles. The molecule has 0 spiro atoms. The Bertz CT molecular complexity index is 556. The first-order valence-corrected chi connectivity index (χ1v) is 6.37. The summed E-state index contributed by atoms with van der Waals surface area (Å²) in [5.41, 5.74) is 2.08. The second-order valence-corrected chi connectivity index (χ2v) is 4.95. The van der Waals surface area contributed by atoms with Crippen LogP contribution in [0.1, 0.15) is 12.1 Å². The summed E-state index contributed by atoms with van der Waals surface area (Å²) in [4.78, 5) is 13.0. The number of benzene rings is 1. The van der Waals surface area contributed by atoms with Gasteiger partial charge in [-0.1, -0.05) is 18.2 Å². The summed E-state index contributed by atoms with van der Waals surface area (Å²) in [7, 11) is 0. The fourth-order valence-electron chi connectivity index (χ4n) is 1.97. The molecule has 0 amide bonds. The molecule has 3 rings (SSSR count). The molecular weight excluding hydrogens is 220 g/mol. The highest BCUT2D eigenvalue weighted by Gasteiger charge is 2.18. The highest BCUT2D eigenvalue weighted by atomic mass is 32.2. The number of H-pyrrole nitrogens is 1. The van der Waals surface area contributed by atoms with Crippen molar-refractivity contribution in [2.24, 2.45) is 0 Å². The van der Waals surface area contributed by atoms with Crippen LogP contribution in [0.5, 0.6) is 0 Å². The lowest BCUT2D eigenvalue weighted by atomic mass is 10.2. The highest BCUT2D eigenvalue weighted by molar-refractivity contribution is 7.99. The normalized spacial score (nSPS) is 14.8. The van der Waals surface area contributed by atoms with E-state index in [1.54, 1.807) is 16.4 Å². The summed E-state index contributed by atoms with van der Waals surface area (Å²) in [6, 6.07) is 9.71. The van der Waals surface area contributed by atoms with E-state index in [1.807, 2.05) is 30.3 Å². The second-order valence-electron chi connectivity index (χ2n) is 3.85. The lowest BCUT2D eigenvalue weighted by Crippen LogP contribution is -2.15. The van der Waals surface area contributed by atoms with E-state index in [9.17, 15) is 4.79 Å². The first kappa shape index (κ1) is 9.78. The van der Waals surface area contributed by atoms with Gasteiger partial charge in [-0.3, -0.25) is 9.89 Å². The van der Waals surface area contributed by atoms with Crippen molar-refractivity contribution in [3.8, 4) is 5.69 Å². The minimum atomic E-state index is 0.0888. The summed E-state index contributed by atoms with van der Waals surface area (Å²) in [6.07, 6.45) is 2.13. The highest BCUT2D eigenvalue weighted by Crippen LogP contribution is 2.26. The number of aromatic nitrogens is 2. The van der Waals surface area contributed by atoms with E-state index >= 15 is 0 Å². The maximum atomic E-state index is 12.1. The minimum absolute atomic E-state index is 0.0888. The van der Waals surface area contributed by atoms with Crippen LogP contribution < -0.4 is 5.56 Å². The molecule has 0 atom stereocenters. The van der Waals surface area contributed by atoms with Crippen molar-refractivity contribution in [3.63, 3.8) is 0 Å². The third-order valence-corrected chi connectivity index (χ3v) is 3.95.